The zero-order valence-electron chi connectivity index (χ0n) is 17.9. The van der Waals surface area contributed by atoms with E-state index < -0.39 is 24.3 Å². The lowest BCUT2D eigenvalue weighted by atomic mass is 9.81. The second-order valence-electron chi connectivity index (χ2n) is 7.96. The molecule has 7 heteroatoms. The number of anilines is 2. The number of halogens is 1. The lowest BCUT2D eigenvalue weighted by molar-refractivity contribution is -0.139. The third kappa shape index (κ3) is 5.31. The van der Waals surface area contributed by atoms with Crippen LogP contribution in [0.3, 0.4) is 0 Å². The molecule has 170 valence electrons. The zero-order valence-corrected chi connectivity index (χ0v) is 17.9. The molecule has 1 atom stereocenters. The van der Waals surface area contributed by atoms with Gasteiger partial charge in [0, 0.05) is 6.42 Å². The van der Waals surface area contributed by atoms with Crippen LogP contribution in [0.1, 0.15) is 17.5 Å². The lowest BCUT2D eigenvalue weighted by Gasteiger charge is -2.32. The molecule has 0 saturated heterocycles. The Hall–Kier alpha value is -3.87. The van der Waals surface area contributed by atoms with E-state index in [1.807, 2.05) is 36.4 Å². The lowest BCUT2D eigenvalue weighted by Crippen LogP contribution is -2.39. The van der Waals surface area contributed by atoms with Crippen LogP contribution in [0.5, 0.6) is 5.75 Å². The predicted molar refractivity (Wildman–Crippen MR) is 122 cm³/mol. The first-order valence-electron chi connectivity index (χ1n) is 10.7. The smallest absolute Gasteiger partial charge is 0.419 e. The fourth-order valence-corrected chi connectivity index (χ4v) is 4.01. The largest absolute Gasteiger partial charge is 0.482 e. The van der Waals surface area contributed by atoms with E-state index in [2.05, 4.69) is 0 Å². The molecule has 1 N–H and O–H groups in total. The molecule has 6 nitrogen and oxygen atoms in total. The molecule has 0 heterocycles. The van der Waals surface area contributed by atoms with Gasteiger partial charge < -0.3 is 14.6 Å². The van der Waals surface area contributed by atoms with Gasteiger partial charge in [0.1, 0.15) is 18.0 Å². The van der Waals surface area contributed by atoms with E-state index in [1.165, 1.54) is 4.90 Å². The maximum Gasteiger partial charge on any atom is 0.419 e. The molecule has 3 aromatic rings. The number of aliphatic carboxylic acids is 1. The number of carbonyl (C=O) groups excluding carboxylic acids is 1. The standard InChI is InChI=1S/C26H24FNO5/c27-26(15-14-22-19(16-26)8-7-13-23(22)32-17-24(29)30)18-33-25(31)28(20-9-3-1-4-10-20)21-11-5-2-6-12-21/h1-13H,14-18H2,(H,29,30). The summed E-state index contributed by atoms with van der Waals surface area (Å²) in [5, 5.41) is 8.86. The van der Waals surface area contributed by atoms with Gasteiger partial charge in [-0.05, 0) is 54.3 Å². The molecule has 0 spiro atoms. The van der Waals surface area contributed by atoms with Gasteiger partial charge in [-0.2, -0.15) is 0 Å². The van der Waals surface area contributed by atoms with E-state index in [1.54, 1.807) is 42.5 Å². The van der Waals surface area contributed by atoms with Gasteiger partial charge in [-0.25, -0.2) is 18.9 Å². The summed E-state index contributed by atoms with van der Waals surface area (Å²) >= 11 is 0. The van der Waals surface area contributed by atoms with Crippen LogP contribution in [0.15, 0.2) is 78.9 Å². The molecule has 1 aliphatic rings. The van der Waals surface area contributed by atoms with E-state index in [9.17, 15) is 9.59 Å². The maximum atomic E-state index is 15.7. The molecule has 4 rings (SSSR count). The number of benzene rings is 3. The molecular formula is C26H24FNO5. The number of fused-ring (bicyclic) bond motifs is 1. The quantitative estimate of drug-likeness (QED) is 0.528. The van der Waals surface area contributed by atoms with Gasteiger partial charge in [-0.3, -0.25) is 0 Å². The van der Waals surface area contributed by atoms with Gasteiger partial charge in [-0.1, -0.05) is 48.5 Å². The summed E-state index contributed by atoms with van der Waals surface area (Å²) in [5.74, 6) is -0.621. The molecular weight excluding hydrogens is 425 g/mol. The highest BCUT2D eigenvalue weighted by atomic mass is 19.1. The van der Waals surface area contributed by atoms with Crippen molar-refractivity contribution in [1.82, 2.24) is 0 Å². The summed E-state index contributed by atoms with van der Waals surface area (Å²) in [6.07, 6.45) is -0.109. The molecule has 0 bridgehead atoms. The number of amides is 1. The summed E-state index contributed by atoms with van der Waals surface area (Å²) < 4.78 is 26.5. The fourth-order valence-electron chi connectivity index (χ4n) is 4.01. The van der Waals surface area contributed by atoms with E-state index in [0.29, 0.717) is 23.5 Å². The normalized spacial score (nSPS) is 17.0. The van der Waals surface area contributed by atoms with Crippen LogP contribution >= 0.6 is 0 Å². The van der Waals surface area contributed by atoms with Crippen molar-refractivity contribution < 1.29 is 28.6 Å². The minimum Gasteiger partial charge on any atom is -0.482 e. The average molecular weight is 449 g/mol. The van der Waals surface area contributed by atoms with Crippen LogP contribution in [-0.4, -0.2) is 36.1 Å². The minimum absolute atomic E-state index is 0.0521. The number of hydrogen-bond donors (Lipinski definition) is 1. The van der Waals surface area contributed by atoms with Gasteiger partial charge in [0.2, 0.25) is 0 Å². The van der Waals surface area contributed by atoms with Crippen molar-refractivity contribution >= 4 is 23.4 Å². The van der Waals surface area contributed by atoms with E-state index >= 15 is 4.39 Å². The van der Waals surface area contributed by atoms with Gasteiger partial charge in [-0.15, -0.1) is 0 Å². The van der Waals surface area contributed by atoms with Crippen LogP contribution in [0, 0.1) is 0 Å². The molecule has 1 aliphatic carbocycles. The summed E-state index contributed by atoms with van der Waals surface area (Å²) in [7, 11) is 0. The Balaban J connectivity index is 1.48. The zero-order chi connectivity index (χ0) is 23.3. The summed E-state index contributed by atoms with van der Waals surface area (Å²) in [5.41, 5.74) is 1.04. The van der Waals surface area contributed by atoms with Crippen LogP contribution in [0.2, 0.25) is 0 Å². The van der Waals surface area contributed by atoms with Crippen molar-refractivity contribution in [1.29, 1.82) is 0 Å². The molecule has 3 aromatic carbocycles. The molecule has 0 radical (unpaired) electrons. The van der Waals surface area contributed by atoms with Crippen molar-refractivity contribution in [3.63, 3.8) is 0 Å². The number of alkyl halides is 1. The second-order valence-corrected chi connectivity index (χ2v) is 7.96. The monoisotopic (exact) mass is 449 g/mol. The van der Waals surface area contributed by atoms with Gasteiger partial charge in [0.25, 0.3) is 0 Å². The number of carboxylic acid groups (broad SMARTS) is 1. The topological polar surface area (TPSA) is 76.1 Å². The molecule has 1 unspecified atom stereocenters. The number of rotatable bonds is 7. The Morgan fingerprint density at radius 3 is 2.18 bits per heavy atom. The van der Waals surface area contributed by atoms with Gasteiger partial charge in [0.05, 0.1) is 11.4 Å². The Bertz CT molecular complexity index is 1080. The van der Waals surface area contributed by atoms with Crippen molar-refractivity contribution in [2.75, 3.05) is 18.1 Å². The van der Waals surface area contributed by atoms with Crippen molar-refractivity contribution in [2.24, 2.45) is 0 Å². The van der Waals surface area contributed by atoms with Crippen LogP contribution in [-0.2, 0) is 22.4 Å². The van der Waals surface area contributed by atoms with Crippen molar-refractivity contribution in [2.45, 2.75) is 24.9 Å². The minimum atomic E-state index is -1.73. The number of ether oxygens (including phenoxy) is 2. The predicted octanol–water partition coefficient (Wildman–Crippen LogP) is 5.32. The highest BCUT2D eigenvalue weighted by Crippen LogP contribution is 2.37. The highest BCUT2D eigenvalue weighted by Gasteiger charge is 2.37. The second kappa shape index (κ2) is 9.73. The van der Waals surface area contributed by atoms with Gasteiger partial charge >= 0.3 is 12.1 Å². The Morgan fingerprint density at radius 2 is 1.58 bits per heavy atom. The molecule has 0 fully saturated rings. The maximum absolute atomic E-state index is 15.7. The van der Waals surface area contributed by atoms with Crippen molar-refractivity contribution in [3.05, 3.63) is 90.0 Å². The van der Waals surface area contributed by atoms with Crippen LogP contribution in [0.25, 0.3) is 0 Å². The fraction of sp³-hybridized carbons (Fsp3) is 0.231. The summed E-state index contributed by atoms with van der Waals surface area (Å²) in [6, 6.07) is 23.3. The number of carbonyl (C=O) groups is 2. The Kier molecular flexibility index (Phi) is 6.58. The van der Waals surface area contributed by atoms with E-state index in [0.717, 1.165) is 11.1 Å². The summed E-state index contributed by atoms with van der Waals surface area (Å²) in [4.78, 5) is 25.3. The van der Waals surface area contributed by atoms with E-state index in [4.69, 9.17) is 14.6 Å². The number of nitrogens with zero attached hydrogens (tertiary/aromatic N) is 1. The number of carboxylic acids is 1. The van der Waals surface area contributed by atoms with Gasteiger partial charge in [0.15, 0.2) is 6.61 Å². The highest BCUT2D eigenvalue weighted by molar-refractivity contribution is 5.95. The third-order valence-electron chi connectivity index (χ3n) is 5.58. The molecule has 0 saturated carbocycles. The molecule has 0 aliphatic heterocycles. The van der Waals surface area contributed by atoms with Crippen molar-refractivity contribution in [3.8, 4) is 5.75 Å². The Morgan fingerprint density at radius 1 is 0.939 bits per heavy atom. The Labute approximate surface area is 191 Å². The average Bonchev–Trinajstić information content (AvgIpc) is 2.83. The first kappa shape index (κ1) is 22.3. The first-order valence-corrected chi connectivity index (χ1v) is 10.7. The number of hydrogen-bond acceptors (Lipinski definition) is 4. The van der Waals surface area contributed by atoms with Crippen LogP contribution in [0.4, 0.5) is 20.6 Å². The molecule has 0 aromatic heterocycles. The first-order chi connectivity index (χ1) is 16.0. The van der Waals surface area contributed by atoms with Crippen LogP contribution < -0.4 is 9.64 Å². The number of para-hydroxylation sites is 2. The summed E-state index contributed by atoms with van der Waals surface area (Å²) in [6.45, 7) is -0.842. The third-order valence-corrected chi connectivity index (χ3v) is 5.58. The molecule has 33 heavy (non-hydrogen) atoms. The SMILES string of the molecule is O=C(O)COc1cccc2c1CCC(F)(COC(=O)N(c1ccccc1)c1ccccc1)C2. The molecule has 1 amide bonds. The van der Waals surface area contributed by atoms with E-state index in [-0.39, 0.29) is 19.4 Å².